The fourth-order valence-electron chi connectivity index (χ4n) is 7.47. The average Bonchev–Trinajstić information content (AvgIpc) is 3.63. The van der Waals surface area contributed by atoms with Gasteiger partial charge in [0.25, 0.3) is 0 Å². The maximum Gasteiger partial charge on any atom is 0.326 e. The number of H-pyrrole nitrogens is 2. The lowest BCUT2D eigenvalue weighted by atomic mass is 9.91. The second-order valence-electron chi connectivity index (χ2n) is 13.1. The molecule has 0 unspecified atom stereocenters. The summed E-state index contributed by atoms with van der Waals surface area (Å²) in [5, 5.41) is 4.82. The van der Waals surface area contributed by atoms with Crippen molar-refractivity contribution in [3.63, 3.8) is 0 Å². The molecular weight excluding hydrogens is 614 g/mol. The molecule has 11 heteroatoms. The zero-order chi connectivity index (χ0) is 32.7. The third-order valence-electron chi connectivity index (χ3n) is 9.64. The molecule has 47 heavy (non-hydrogen) atoms. The number of benzene rings is 3. The first-order chi connectivity index (χ1) is 22.8. The van der Waals surface area contributed by atoms with E-state index >= 15 is 0 Å². The summed E-state index contributed by atoms with van der Waals surface area (Å²) < 4.78 is 1.82. The van der Waals surface area contributed by atoms with E-state index in [0.29, 0.717) is 43.9 Å². The lowest BCUT2D eigenvalue weighted by Gasteiger charge is -2.38. The number of piperidine rings is 1. The van der Waals surface area contributed by atoms with Crippen LogP contribution in [-0.4, -0.2) is 82.6 Å². The summed E-state index contributed by atoms with van der Waals surface area (Å²) in [4.78, 5) is 53.3. The van der Waals surface area contributed by atoms with E-state index in [2.05, 4.69) is 20.2 Å². The first-order valence-corrected chi connectivity index (χ1v) is 16.7. The Balaban J connectivity index is 1.14. The van der Waals surface area contributed by atoms with Gasteiger partial charge in [-0.05, 0) is 80.7 Å². The molecule has 0 saturated carbocycles. The van der Waals surface area contributed by atoms with Crippen LogP contribution in [0, 0.1) is 5.92 Å². The highest BCUT2D eigenvalue weighted by molar-refractivity contribution is 6.32. The van der Waals surface area contributed by atoms with Gasteiger partial charge in [0.2, 0.25) is 5.91 Å². The quantitative estimate of drug-likeness (QED) is 0.225. The Hall–Kier alpha value is -4.54. The van der Waals surface area contributed by atoms with Crippen LogP contribution in [0.1, 0.15) is 30.0 Å². The number of likely N-dealkylation sites (tertiary alicyclic amines) is 1. The number of fused-ring (bicyclic) bond motifs is 3. The number of carbonyl (C=O) groups excluding carboxylic acids is 2. The molecule has 2 aromatic heterocycles. The van der Waals surface area contributed by atoms with Crippen LogP contribution in [0.2, 0.25) is 5.02 Å². The number of urea groups is 1. The minimum Gasteiger partial charge on any atom is -0.361 e. The second kappa shape index (κ2) is 12.9. The molecule has 3 aromatic carbocycles. The van der Waals surface area contributed by atoms with Crippen molar-refractivity contribution in [2.75, 3.05) is 45.2 Å². The summed E-state index contributed by atoms with van der Waals surface area (Å²) in [6, 6.07) is 20.3. The molecule has 2 aliphatic rings. The number of carbonyl (C=O) groups is 2. The minimum absolute atomic E-state index is 0.0189. The number of halogens is 1. The minimum atomic E-state index is -0.805. The highest BCUT2D eigenvalue weighted by Gasteiger charge is 2.36. The predicted octanol–water partition coefficient (Wildman–Crippen LogP) is 5.19. The molecule has 1 fully saturated rings. The highest BCUT2D eigenvalue weighted by atomic mass is 35.5. The van der Waals surface area contributed by atoms with E-state index in [1.54, 1.807) is 4.90 Å². The summed E-state index contributed by atoms with van der Waals surface area (Å²) in [5.74, 6) is 0.0357. The molecule has 2 atom stereocenters. The summed E-state index contributed by atoms with van der Waals surface area (Å²) in [6.07, 6.45) is 4.32. The molecule has 1 saturated heterocycles. The molecule has 3 amide bonds. The zero-order valence-electron chi connectivity index (χ0n) is 26.7. The summed E-state index contributed by atoms with van der Waals surface area (Å²) >= 11 is 6.70. The number of imidazole rings is 1. The van der Waals surface area contributed by atoms with Gasteiger partial charge >= 0.3 is 11.7 Å². The van der Waals surface area contributed by atoms with Crippen molar-refractivity contribution in [2.45, 2.75) is 37.8 Å². The van der Waals surface area contributed by atoms with Crippen LogP contribution in [0.4, 0.5) is 10.5 Å². The van der Waals surface area contributed by atoms with Crippen LogP contribution in [0.3, 0.4) is 0 Å². The van der Waals surface area contributed by atoms with Crippen molar-refractivity contribution in [1.82, 2.24) is 29.7 Å². The van der Waals surface area contributed by atoms with E-state index < -0.39 is 6.04 Å². The first kappa shape index (κ1) is 31.1. The fraction of sp³-hybridized carbons (Fsp3) is 0.361. The molecule has 7 rings (SSSR count). The van der Waals surface area contributed by atoms with Gasteiger partial charge in [0.05, 0.1) is 11.0 Å². The Morgan fingerprint density at radius 2 is 1.74 bits per heavy atom. The van der Waals surface area contributed by atoms with Crippen LogP contribution in [0.25, 0.3) is 21.9 Å². The second-order valence-corrected chi connectivity index (χ2v) is 13.5. The standard InChI is InChI=1S/C36H40ClN7O3/c1-41(2)21-23-18-27-28(37)9-7-13-32(27)43(22-23)34(45)31(19-24-20-38-29-10-4-3-8-26(24)29)40-35(46)42-16-14-25(15-17-42)44-33-12-6-5-11-30(33)39-36(44)47/h3-13,20,23,25,31,38H,14-19,21-22H2,1-2H3,(H,39,47)(H,40,46)/t23-,31+/m1/s1. The summed E-state index contributed by atoms with van der Waals surface area (Å²) in [6.45, 7) is 2.30. The topological polar surface area (TPSA) is 109 Å². The van der Waals surface area contributed by atoms with Gasteiger partial charge in [-0.2, -0.15) is 0 Å². The van der Waals surface area contributed by atoms with Crippen molar-refractivity contribution in [2.24, 2.45) is 5.92 Å². The van der Waals surface area contributed by atoms with Crippen molar-refractivity contribution in [3.8, 4) is 0 Å². The number of aromatic nitrogens is 3. The van der Waals surface area contributed by atoms with Gasteiger partial charge in [0, 0.05) is 66.5 Å². The number of hydrogen-bond acceptors (Lipinski definition) is 4. The molecule has 2 aliphatic heterocycles. The van der Waals surface area contributed by atoms with Crippen LogP contribution < -0.4 is 15.9 Å². The number of rotatable bonds is 7. The number of hydrogen-bond donors (Lipinski definition) is 3. The number of para-hydroxylation sites is 3. The summed E-state index contributed by atoms with van der Waals surface area (Å²) in [5.41, 5.74) is 5.27. The molecule has 244 valence electrons. The fourth-order valence-corrected chi connectivity index (χ4v) is 7.72. The number of nitrogens with zero attached hydrogens (tertiary/aromatic N) is 4. The van der Waals surface area contributed by atoms with Gasteiger partial charge in [0.15, 0.2) is 0 Å². The van der Waals surface area contributed by atoms with Crippen LogP contribution >= 0.6 is 11.6 Å². The molecule has 0 radical (unpaired) electrons. The zero-order valence-corrected chi connectivity index (χ0v) is 27.5. The van der Waals surface area contributed by atoms with Gasteiger partial charge in [-0.3, -0.25) is 9.36 Å². The van der Waals surface area contributed by atoms with Gasteiger partial charge in [0.1, 0.15) is 6.04 Å². The maximum atomic E-state index is 14.6. The smallest absolute Gasteiger partial charge is 0.326 e. The number of aromatic amines is 2. The lowest BCUT2D eigenvalue weighted by Crippen LogP contribution is -2.56. The molecule has 0 aliphatic carbocycles. The van der Waals surface area contributed by atoms with E-state index in [1.165, 1.54) is 0 Å². The molecule has 5 aromatic rings. The van der Waals surface area contributed by atoms with Gasteiger partial charge in [-0.25, -0.2) is 9.59 Å². The molecule has 0 spiro atoms. The Morgan fingerprint density at radius 1 is 1.00 bits per heavy atom. The number of anilines is 1. The average molecular weight is 654 g/mol. The van der Waals surface area contributed by atoms with Crippen molar-refractivity contribution >= 4 is 51.2 Å². The first-order valence-electron chi connectivity index (χ1n) is 16.3. The van der Waals surface area contributed by atoms with E-state index in [1.807, 2.05) is 96.5 Å². The lowest BCUT2D eigenvalue weighted by molar-refractivity contribution is -0.120. The number of nitrogens with one attached hydrogen (secondary N) is 3. The maximum absolute atomic E-state index is 14.6. The molecule has 4 heterocycles. The Labute approximate surface area is 278 Å². The van der Waals surface area contributed by atoms with E-state index in [-0.39, 0.29) is 29.6 Å². The Bertz CT molecular complexity index is 1990. The van der Waals surface area contributed by atoms with E-state index in [4.69, 9.17) is 11.6 Å². The van der Waals surface area contributed by atoms with E-state index in [0.717, 1.165) is 51.7 Å². The van der Waals surface area contributed by atoms with Crippen molar-refractivity contribution < 1.29 is 9.59 Å². The van der Waals surface area contributed by atoms with Crippen molar-refractivity contribution in [3.05, 3.63) is 99.6 Å². The molecule has 10 nitrogen and oxygen atoms in total. The molecule has 3 N–H and O–H groups in total. The summed E-state index contributed by atoms with van der Waals surface area (Å²) in [7, 11) is 4.07. The number of amides is 3. The van der Waals surface area contributed by atoms with Gasteiger partial charge in [-0.15, -0.1) is 0 Å². The van der Waals surface area contributed by atoms with Crippen LogP contribution in [-0.2, 0) is 17.6 Å². The van der Waals surface area contributed by atoms with Crippen LogP contribution in [0.15, 0.2) is 77.7 Å². The third-order valence-corrected chi connectivity index (χ3v) is 10.00. The van der Waals surface area contributed by atoms with Gasteiger partial charge in [-0.1, -0.05) is 48.0 Å². The Kier molecular flexibility index (Phi) is 8.55. The Morgan fingerprint density at radius 3 is 2.53 bits per heavy atom. The normalized spacial score (nSPS) is 17.7. The van der Waals surface area contributed by atoms with Crippen molar-refractivity contribution in [1.29, 1.82) is 0 Å². The molecule has 0 bridgehead atoms. The molecular formula is C36H40ClN7O3. The van der Waals surface area contributed by atoms with E-state index in [9.17, 15) is 14.4 Å². The SMILES string of the molecule is CN(C)C[C@H]1Cc2c(Cl)cccc2N(C(=O)[C@H](Cc2c[nH]c3ccccc23)NC(=O)N2CCC(n3c(=O)[nH]c4ccccc43)CC2)C1. The largest absolute Gasteiger partial charge is 0.361 e. The van der Waals surface area contributed by atoms with Crippen LogP contribution in [0.5, 0.6) is 0 Å². The van der Waals surface area contributed by atoms with Gasteiger partial charge < -0.3 is 30.0 Å². The monoisotopic (exact) mass is 653 g/mol. The highest BCUT2D eigenvalue weighted by Crippen LogP contribution is 2.36. The third kappa shape index (κ3) is 6.15. The predicted molar refractivity (Wildman–Crippen MR) is 186 cm³/mol.